The van der Waals surface area contributed by atoms with Gasteiger partial charge in [0, 0.05) is 46.7 Å². The molecule has 12 heteroatoms. The smallest absolute Gasteiger partial charge is 0.262 e. The number of nitrogens with one attached hydrogen (secondary N) is 2. The summed E-state index contributed by atoms with van der Waals surface area (Å²) >= 11 is 1.48. The number of carbonyl (C=O) groups excluding carboxylic acids is 1. The van der Waals surface area contributed by atoms with Crippen LogP contribution in [0.3, 0.4) is 0 Å². The normalized spacial score (nSPS) is 14.3. The quantitative estimate of drug-likeness (QED) is 0.321. The van der Waals surface area contributed by atoms with Crippen LogP contribution in [0, 0.1) is 6.92 Å². The number of aromatic nitrogens is 4. The molecule has 0 saturated heterocycles. The minimum atomic E-state index is -4.07. The summed E-state index contributed by atoms with van der Waals surface area (Å²) in [6, 6.07) is 9.42. The highest BCUT2D eigenvalue weighted by Crippen LogP contribution is 2.42. The molecule has 0 unspecified atom stereocenters. The fourth-order valence-electron chi connectivity index (χ4n) is 4.32. The van der Waals surface area contributed by atoms with Crippen molar-refractivity contribution in [3.63, 3.8) is 0 Å². The maximum Gasteiger partial charge on any atom is 0.262 e. The molecule has 0 fully saturated rings. The molecule has 190 valence electrons. The van der Waals surface area contributed by atoms with Gasteiger partial charge < -0.3 is 10.1 Å². The highest BCUT2D eigenvalue weighted by Gasteiger charge is 2.22. The van der Waals surface area contributed by atoms with Crippen LogP contribution in [0.15, 0.2) is 66.2 Å². The number of thiophene rings is 1. The second-order valence-electron chi connectivity index (χ2n) is 8.63. The van der Waals surface area contributed by atoms with Crippen LogP contribution in [-0.4, -0.2) is 41.4 Å². The molecule has 0 spiro atoms. The van der Waals surface area contributed by atoms with Gasteiger partial charge in [-0.25, -0.2) is 23.4 Å². The fourth-order valence-corrected chi connectivity index (χ4v) is 6.67. The molecule has 10 nitrogen and oxygen atoms in total. The van der Waals surface area contributed by atoms with E-state index in [1.165, 1.54) is 43.0 Å². The van der Waals surface area contributed by atoms with Crippen molar-refractivity contribution in [2.24, 2.45) is 0 Å². The number of pyridine rings is 2. The molecule has 38 heavy (non-hydrogen) atoms. The van der Waals surface area contributed by atoms with E-state index in [1.54, 1.807) is 30.7 Å². The minimum absolute atomic E-state index is 0.0691. The summed E-state index contributed by atoms with van der Waals surface area (Å²) in [5.74, 6) is -0.305. The summed E-state index contributed by atoms with van der Waals surface area (Å²) in [6.07, 6.45) is 6.54. The lowest BCUT2D eigenvalue weighted by Crippen LogP contribution is -2.23. The number of nitrogens with zero attached hydrogens (tertiary/aromatic N) is 4. The molecule has 1 aromatic carbocycles. The maximum atomic E-state index is 13.3. The Morgan fingerprint density at radius 3 is 2.71 bits per heavy atom. The second-order valence-corrected chi connectivity index (χ2v) is 11.3. The number of rotatable bonds is 1. The third-order valence-corrected chi connectivity index (χ3v) is 8.88. The molecule has 5 aromatic rings. The molecular formula is C26H20N6O4S2. The largest absolute Gasteiger partial charge is 0.480 e. The lowest BCUT2D eigenvalue weighted by Gasteiger charge is -2.13. The SMILES string of the molecule is COc1ncc2cc1NS(=O)(=O)c1cccc(c1)C(=O)NCc1cncc(c1)-c1ncnc3c(C)c-2sc13. The zero-order valence-electron chi connectivity index (χ0n) is 20.2. The van der Waals surface area contributed by atoms with Crippen LogP contribution in [0.2, 0.25) is 0 Å². The van der Waals surface area contributed by atoms with E-state index >= 15 is 0 Å². The van der Waals surface area contributed by atoms with Crippen LogP contribution >= 0.6 is 11.3 Å². The Hall–Kier alpha value is -4.42. The van der Waals surface area contributed by atoms with Gasteiger partial charge in [0.15, 0.2) is 0 Å². The number of anilines is 1. The van der Waals surface area contributed by atoms with Gasteiger partial charge in [-0.2, -0.15) is 0 Å². The molecule has 1 amide bonds. The number of amides is 1. The Kier molecular flexibility index (Phi) is 5.77. The van der Waals surface area contributed by atoms with Crippen molar-refractivity contribution in [1.82, 2.24) is 25.3 Å². The molecule has 4 aromatic heterocycles. The van der Waals surface area contributed by atoms with E-state index < -0.39 is 15.9 Å². The molecule has 0 aliphatic carbocycles. The molecule has 0 saturated carbocycles. The first-order valence-electron chi connectivity index (χ1n) is 11.5. The van der Waals surface area contributed by atoms with Crippen LogP contribution in [0.5, 0.6) is 5.88 Å². The highest BCUT2D eigenvalue weighted by molar-refractivity contribution is 7.92. The van der Waals surface area contributed by atoms with Gasteiger partial charge in [0.25, 0.3) is 15.9 Å². The fraction of sp³-hybridized carbons (Fsp3) is 0.115. The van der Waals surface area contributed by atoms with Gasteiger partial charge >= 0.3 is 0 Å². The zero-order chi connectivity index (χ0) is 26.4. The monoisotopic (exact) mass is 544 g/mol. The molecule has 6 rings (SSSR count). The van der Waals surface area contributed by atoms with E-state index in [2.05, 4.69) is 30.0 Å². The topological polar surface area (TPSA) is 136 Å². The van der Waals surface area contributed by atoms with Crippen LogP contribution in [0.4, 0.5) is 5.69 Å². The summed E-state index contributed by atoms with van der Waals surface area (Å²) in [7, 11) is -2.66. The van der Waals surface area contributed by atoms with Crippen LogP contribution in [-0.2, 0) is 16.6 Å². The number of methoxy groups -OCH3 is 1. The number of fused-ring (bicyclic) bond motifs is 9. The summed E-state index contributed by atoms with van der Waals surface area (Å²) in [4.78, 5) is 31.5. The minimum Gasteiger partial charge on any atom is -0.480 e. The Morgan fingerprint density at radius 2 is 1.87 bits per heavy atom. The number of carbonyl (C=O) groups is 1. The first-order chi connectivity index (χ1) is 18.3. The predicted octanol–water partition coefficient (Wildman–Crippen LogP) is 4.18. The maximum absolute atomic E-state index is 13.3. The number of hydrogen-bond donors (Lipinski definition) is 2. The van der Waals surface area contributed by atoms with Crippen LogP contribution < -0.4 is 14.8 Å². The van der Waals surface area contributed by atoms with Gasteiger partial charge in [-0.15, -0.1) is 11.3 Å². The summed E-state index contributed by atoms with van der Waals surface area (Å²) in [5, 5.41) is 2.83. The van der Waals surface area contributed by atoms with Crippen molar-refractivity contribution in [3.05, 3.63) is 78.0 Å². The highest BCUT2D eigenvalue weighted by atomic mass is 32.2. The van der Waals surface area contributed by atoms with Crippen molar-refractivity contribution in [2.45, 2.75) is 18.4 Å². The van der Waals surface area contributed by atoms with Gasteiger partial charge in [-0.3, -0.25) is 14.5 Å². The van der Waals surface area contributed by atoms with E-state index in [-0.39, 0.29) is 28.6 Å². The third kappa shape index (κ3) is 4.13. The Bertz CT molecular complexity index is 1850. The van der Waals surface area contributed by atoms with Crippen molar-refractivity contribution < 1.29 is 17.9 Å². The van der Waals surface area contributed by atoms with E-state index in [4.69, 9.17) is 4.74 Å². The van der Waals surface area contributed by atoms with Crippen molar-refractivity contribution in [3.8, 4) is 27.6 Å². The molecule has 1 aliphatic heterocycles. The molecule has 2 N–H and O–H groups in total. The summed E-state index contributed by atoms with van der Waals surface area (Å²) < 4.78 is 35.4. The average Bonchev–Trinajstić information content (AvgIpc) is 3.27. The van der Waals surface area contributed by atoms with Gasteiger partial charge in [0.05, 0.1) is 27.9 Å². The molecule has 8 bridgehead atoms. The van der Waals surface area contributed by atoms with Crippen molar-refractivity contribution in [2.75, 3.05) is 11.8 Å². The first kappa shape index (κ1) is 23.9. The number of hydrogen-bond acceptors (Lipinski definition) is 9. The predicted molar refractivity (Wildman–Crippen MR) is 144 cm³/mol. The average molecular weight is 545 g/mol. The van der Waals surface area contributed by atoms with E-state index in [9.17, 15) is 13.2 Å². The van der Waals surface area contributed by atoms with E-state index in [0.29, 0.717) is 11.3 Å². The van der Waals surface area contributed by atoms with Crippen molar-refractivity contribution >= 4 is 43.2 Å². The number of sulfonamides is 1. The van der Waals surface area contributed by atoms with Gasteiger partial charge in [0.2, 0.25) is 5.88 Å². The first-order valence-corrected chi connectivity index (χ1v) is 13.8. The van der Waals surface area contributed by atoms with Gasteiger partial charge in [-0.05, 0) is 48.4 Å². The van der Waals surface area contributed by atoms with Crippen molar-refractivity contribution in [1.29, 1.82) is 0 Å². The Balaban J connectivity index is 1.60. The molecule has 0 radical (unpaired) electrons. The summed E-state index contributed by atoms with van der Waals surface area (Å²) in [6.45, 7) is 2.16. The second kappa shape index (κ2) is 9.15. The Labute approximate surface area is 221 Å². The Morgan fingerprint density at radius 1 is 1.00 bits per heavy atom. The number of aryl methyl sites for hydroxylation is 1. The van der Waals surface area contributed by atoms with Crippen LogP contribution in [0.25, 0.3) is 31.9 Å². The third-order valence-electron chi connectivity index (χ3n) is 6.18. The standard InChI is InChI=1S/C26H20N6O4S2/c1-14-21-24-22(31-13-30-21)17-6-15(9-27-11-17)10-28-25(33)16-4-3-5-19(7-16)38(34,35)32-20-8-18(23(14)37-24)12-29-26(20)36-2/h3-9,11-13,32H,10H2,1-2H3,(H,28,33). The molecule has 1 aliphatic rings. The van der Waals surface area contributed by atoms with Gasteiger partial charge in [0.1, 0.15) is 12.0 Å². The lowest BCUT2D eigenvalue weighted by molar-refractivity contribution is 0.0950. The summed E-state index contributed by atoms with van der Waals surface area (Å²) in [5.41, 5.74) is 5.03. The molecule has 0 atom stereocenters. The van der Waals surface area contributed by atoms with E-state index in [1.807, 2.05) is 13.0 Å². The number of benzene rings is 1. The van der Waals surface area contributed by atoms with Gasteiger partial charge in [-0.1, -0.05) is 6.07 Å². The lowest BCUT2D eigenvalue weighted by atomic mass is 10.1. The number of ether oxygens (including phenoxy) is 1. The van der Waals surface area contributed by atoms with Crippen LogP contribution in [0.1, 0.15) is 21.5 Å². The molecular weight excluding hydrogens is 524 g/mol. The molecule has 5 heterocycles. The van der Waals surface area contributed by atoms with E-state index in [0.717, 1.165) is 31.8 Å². The zero-order valence-corrected chi connectivity index (χ0v) is 21.9.